The zero-order valence-corrected chi connectivity index (χ0v) is 20.9. The number of rotatable bonds is 13. The molecule has 0 aliphatic carbocycles. The Morgan fingerprint density at radius 2 is 1.22 bits per heavy atom. The summed E-state index contributed by atoms with van der Waals surface area (Å²) in [5.74, 6) is 1.28. The maximum absolute atomic E-state index is 12.8. The normalized spacial score (nSPS) is 10.9. The Morgan fingerprint density at radius 3 is 1.81 bits per heavy atom. The monoisotopic (exact) mass is 438 g/mol. The summed E-state index contributed by atoms with van der Waals surface area (Å²) < 4.78 is 11.5. The Kier molecular flexibility index (Phi) is 11.3. The second-order valence-electron chi connectivity index (χ2n) is 8.55. The SMILES string of the molecule is CCCCc1ccc(OC(=O)Oc2cccc(CC)c2CC)c(CCCC)c1CCCC. The van der Waals surface area contributed by atoms with Crippen LogP contribution >= 0.6 is 0 Å². The molecule has 0 spiro atoms. The third-order valence-corrected chi connectivity index (χ3v) is 6.20. The van der Waals surface area contributed by atoms with E-state index in [0.29, 0.717) is 11.5 Å². The van der Waals surface area contributed by atoms with Crippen LogP contribution in [0.15, 0.2) is 30.3 Å². The number of ether oxygens (including phenoxy) is 2. The van der Waals surface area contributed by atoms with Crippen LogP contribution in [0.3, 0.4) is 0 Å². The second-order valence-corrected chi connectivity index (χ2v) is 8.55. The fourth-order valence-electron chi connectivity index (χ4n) is 4.35. The summed E-state index contributed by atoms with van der Waals surface area (Å²) in [5.41, 5.74) is 6.29. The molecule has 32 heavy (non-hydrogen) atoms. The molecule has 0 aliphatic heterocycles. The van der Waals surface area contributed by atoms with Crippen LogP contribution in [0.5, 0.6) is 11.5 Å². The maximum Gasteiger partial charge on any atom is 0.519 e. The molecule has 0 atom stereocenters. The van der Waals surface area contributed by atoms with E-state index in [1.54, 1.807) is 0 Å². The molecule has 0 saturated heterocycles. The summed E-state index contributed by atoms with van der Waals surface area (Å²) in [6, 6.07) is 10.0. The molecule has 0 bridgehead atoms. The van der Waals surface area contributed by atoms with Crippen molar-refractivity contribution >= 4 is 6.16 Å². The lowest BCUT2D eigenvalue weighted by Crippen LogP contribution is -2.17. The number of hydrogen-bond acceptors (Lipinski definition) is 3. The summed E-state index contributed by atoms with van der Waals surface area (Å²) in [5, 5.41) is 0. The molecule has 2 aromatic carbocycles. The van der Waals surface area contributed by atoms with Gasteiger partial charge in [-0.1, -0.05) is 72.1 Å². The molecule has 0 heterocycles. The Bertz CT molecular complexity index is 854. The van der Waals surface area contributed by atoms with Crippen LogP contribution in [0.1, 0.15) is 101 Å². The van der Waals surface area contributed by atoms with Crippen molar-refractivity contribution in [3.63, 3.8) is 0 Å². The zero-order chi connectivity index (χ0) is 23.3. The third kappa shape index (κ3) is 7.12. The topological polar surface area (TPSA) is 35.5 Å². The van der Waals surface area contributed by atoms with E-state index in [0.717, 1.165) is 63.4 Å². The molecule has 2 rings (SSSR count). The molecular formula is C29H42O3. The van der Waals surface area contributed by atoms with E-state index in [4.69, 9.17) is 9.47 Å². The van der Waals surface area contributed by atoms with Gasteiger partial charge < -0.3 is 9.47 Å². The molecule has 0 aromatic heterocycles. The third-order valence-electron chi connectivity index (χ3n) is 6.20. The van der Waals surface area contributed by atoms with Gasteiger partial charge in [-0.3, -0.25) is 0 Å². The lowest BCUT2D eigenvalue weighted by molar-refractivity contribution is 0.151. The van der Waals surface area contributed by atoms with Crippen molar-refractivity contribution in [2.24, 2.45) is 0 Å². The van der Waals surface area contributed by atoms with Crippen LogP contribution < -0.4 is 9.47 Å². The molecule has 0 amide bonds. The molecular weight excluding hydrogens is 396 g/mol. The van der Waals surface area contributed by atoms with Crippen molar-refractivity contribution in [1.29, 1.82) is 0 Å². The quantitative estimate of drug-likeness (QED) is 0.232. The van der Waals surface area contributed by atoms with Crippen molar-refractivity contribution in [2.45, 2.75) is 105 Å². The fourth-order valence-corrected chi connectivity index (χ4v) is 4.35. The van der Waals surface area contributed by atoms with Gasteiger partial charge in [-0.15, -0.1) is 0 Å². The van der Waals surface area contributed by atoms with Gasteiger partial charge in [-0.05, 0) is 91.3 Å². The molecule has 2 aromatic rings. The number of carbonyl (C=O) groups excluding carboxylic acids is 1. The van der Waals surface area contributed by atoms with Gasteiger partial charge in [0.05, 0.1) is 0 Å². The smallest absolute Gasteiger partial charge is 0.394 e. The molecule has 0 fully saturated rings. The van der Waals surface area contributed by atoms with Gasteiger partial charge in [0.15, 0.2) is 0 Å². The van der Waals surface area contributed by atoms with Crippen molar-refractivity contribution in [1.82, 2.24) is 0 Å². The number of benzene rings is 2. The first kappa shape index (κ1) is 26.0. The fraction of sp³-hybridized carbons (Fsp3) is 0.552. The largest absolute Gasteiger partial charge is 0.519 e. The van der Waals surface area contributed by atoms with Gasteiger partial charge in [-0.25, -0.2) is 4.79 Å². The molecule has 176 valence electrons. The average Bonchev–Trinajstić information content (AvgIpc) is 2.80. The summed E-state index contributed by atoms with van der Waals surface area (Å²) in [7, 11) is 0. The summed E-state index contributed by atoms with van der Waals surface area (Å²) in [6.07, 6.45) is 11.0. The van der Waals surface area contributed by atoms with Crippen LogP contribution in [-0.2, 0) is 32.1 Å². The van der Waals surface area contributed by atoms with Crippen LogP contribution in [0, 0.1) is 0 Å². The van der Waals surface area contributed by atoms with Gasteiger partial charge in [0.25, 0.3) is 0 Å². The molecule has 0 aliphatic rings. The van der Waals surface area contributed by atoms with Gasteiger partial charge in [-0.2, -0.15) is 0 Å². The molecule has 0 unspecified atom stereocenters. The van der Waals surface area contributed by atoms with E-state index in [9.17, 15) is 4.79 Å². The van der Waals surface area contributed by atoms with Crippen LogP contribution in [0.4, 0.5) is 4.79 Å². The highest BCUT2D eigenvalue weighted by atomic mass is 16.7. The van der Waals surface area contributed by atoms with E-state index in [2.05, 4.69) is 46.8 Å². The first-order valence-corrected chi connectivity index (χ1v) is 12.7. The number of aryl methyl sites for hydroxylation is 2. The highest BCUT2D eigenvalue weighted by Crippen LogP contribution is 2.31. The zero-order valence-electron chi connectivity index (χ0n) is 20.9. The van der Waals surface area contributed by atoms with Crippen LogP contribution in [0.2, 0.25) is 0 Å². The van der Waals surface area contributed by atoms with E-state index in [1.807, 2.05) is 18.2 Å². The minimum absolute atomic E-state index is 0.609. The van der Waals surface area contributed by atoms with E-state index in [-0.39, 0.29) is 0 Å². The van der Waals surface area contributed by atoms with E-state index >= 15 is 0 Å². The summed E-state index contributed by atoms with van der Waals surface area (Å²) in [4.78, 5) is 12.8. The Labute approximate surface area is 195 Å². The number of unbranched alkanes of at least 4 members (excludes halogenated alkanes) is 3. The minimum atomic E-state index is -0.645. The molecule has 3 nitrogen and oxygen atoms in total. The standard InChI is InChI=1S/C29H42O3/c1-6-11-15-23-20-21-28(26(18-13-8-3)25(23)17-12-7-2)32-29(30)31-27-19-14-16-22(9-4)24(27)10-5/h14,16,19-21H,6-13,15,17-18H2,1-5H3. The van der Waals surface area contributed by atoms with Gasteiger partial charge in [0.1, 0.15) is 11.5 Å². The van der Waals surface area contributed by atoms with Crippen LogP contribution in [0.25, 0.3) is 0 Å². The lowest BCUT2D eigenvalue weighted by atomic mass is 9.90. The van der Waals surface area contributed by atoms with Gasteiger partial charge >= 0.3 is 6.16 Å². The Balaban J connectivity index is 2.33. The van der Waals surface area contributed by atoms with Crippen LogP contribution in [-0.4, -0.2) is 6.16 Å². The first-order valence-electron chi connectivity index (χ1n) is 12.7. The average molecular weight is 439 g/mol. The van der Waals surface area contributed by atoms with E-state index < -0.39 is 6.16 Å². The summed E-state index contributed by atoms with van der Waals surface area (Å²) >= 11 is 0. The maximum atomic E-state index is 12.8. The second kappa shape index (κ2) is 14.0. The van der Waals surface area contributed by atoms with Crippen molar-refractivity contribution in [3.05, 3.63) is 58.1 Å². The number of carbonyl (C=O) groups is 1. The predicted molar refractivity (Wildman–Crippen MR) is 134 cm³/mol. The number of hydrogen-bond donors (Lipinski definition) is 0. The van der Waals surface area contributed by atoms with Crippen molar-refractivity contribution in [3.8, 4) is 11.5 Å². The molecule has 0 radical (unpaired) electrons. The first-order chi connectivity index (χ1) is 15.6. The van der Waals surface area contributed by atoms with Gasteiger partial charge in [0, 0.05) is 0 Å². The Hall–Kier alpha value is -2.29. The molecule has 0 saturated carbocycles. The van der Waals surface area contributed by atoms with E-state index in [1.165, 1.54) is 35.1 Å². The molecule has 0 N–H and O–H groups in total. The molecule has 3 heteroatoms. The lowest BCUT2D eigenvalue weighted by Gasteiger charge is -2.19. The highest BCUT2D eigenvalue weighted by Gasteiger charge is 2.18. The minimum Gasteiger partial charge on any atom is -0.394 e. The highest BCUT2D eigenvalue weighted by molar-refractivity contribution is 5.69. The van der Waals surface area contributed by atoms with Crippen molar-refractivity contribution < 1.29 is 14.3 Å². The van der Waals surface area contributed by atoms with Crippen molar-refractivity contribution in [2.75, 3.05) is 0 Å². The Morgan fingerprint density at radius 1 is 0.625 bits per heavy atom. The summed E-state index contributed by atoms with van der Waals surface area (Å²) in [6.45, 7) is 10.9. The predicted octanol–water partition coefficient (Wildman–Crippen LogP) is 8.42. The van der Waals surface area contributed by atoms with Gasteiger partial charge in [0.2, 0.25) is 0 Å².